The number of fused-ring (bicyclic) bond motifs is 2. The van der Waals surface area contributed by atoms with E-state index in [1.807, 2.05) is 29.3 Å². The molecule has 0 amide bonds. The maximum atomic E-state index is 10.6. The van der Waals surface area contributed by atoms with Crippen molar-refractivity contribution in [2.75, 3.05) is 18.0 Å². The molecule has 1 fully saturated rings. The number of aromatic amines is 1. The van der Waals surface area contributed by atoms with Gasteiger partial charge in [0.25, 0.3) is 0 Å². The Balaban J connectivity index is 0.000000289. The van der Waals surface area contributed by atoms with Crippen molar-refractivity contribution in [3.05, 3.63) is 42.7 Å². The van der Waals surface area contributed by atoms with Gasteiger partial charge in [-0.25, -0.2) is 34.5 Å². The Hall–Kier alpha value is -5.39. The first-order chi connectivity index (χ1) is 21.7. The molecule has 46 heavy (non-hydrogen) atoms. The van der Waals surface area contributed by atoms with Crippen molar-refractivity contribution in [1.29, 1.82) is 5.26 Å². The standard InChI is InChI=1S/C21H18N10S.2C2HF3O2/c22-4-1-17(13-3-6-30(9-13)21-24-8-16-20(29-21)32-12-27-16)31-10-14(7-28-31)18-15-2-5-23-19(15)26-11-25-18;2*3-2(4,5)1(6)7/h2,5,7-8,10-13,17H,1,3,6,9H2,(H,23,25,26);2*(H,6,7)/t13-,17-;;/m0../s1. The number of carbonyl (C=O) groups is 2. The Bertz CT molecular complexity index is 1840. The Morgan fingerprint density at radius 1 is 1.09 bits per heavy atom. The van der Waals surface area contributed by atoms with E-state index >= 15 is 0 Å². The second kappa shape index (κ2) is 13.7. The van der Waals surface area contributed by atoms with Crippen LogP contribution in [0.5, 0.6) is 0 Å². The van der Waals surface area contributed by atoms with E-state index in [0.29, 0.717) is 6.42 Å². The summed E-state index contributed by atoms with van der Waals surface area (Å²) in [5.41, 5.74) is 5.14. The zero-order chi connectivity index (χ0) is 33.6. The van der Waals surface area contributed by atoms with Gasteiger partial charge < -0.3 is 20.1 Å². The first kappa shape index (κ1) is 33.5. The molecule has 0 radical (unpaired) electrons. The fourth-order valence-electron chi connectivity index (χ4n) is 4.41. The number of nitriles is 1. The molecule has 0 bridgehead atoms. The van der Waals surface area contributed by atoms with Crippen molar-refractivity contribution in [3.8, 4) is 17.3 Å². The number of alkyl halides is 6. The van der Waals surface area contributed by atoms with Gasteiger partial charge in [-0.05, 0) is 12.5 Å². The molecule has 5 aromatic rings. The number of halogens is 6. The third-order valence-electron chi connectivity index (χ3n) is 6.48. The van der Waals surface area contributed by atoms with Gasteiger partial charge in [0.2, 0.25) is 5.95 Å². The van der Waals surface area contributed by atoms with Crippen LogP contribution < -0.4 is 4.90 Å². The van der Waals surface area contributed by atoms with E-state index in [1.165, 1.54) is 11.3 Å². The molecule has 0 aliphatic carbocycles. The summed E-state index contributed by atoms with van der Waals surface area (Å²) in [4.78, 5) is 46.1. The van der Waals surface area contributed by atoms with Gasteiger partial charge in [0.15, 0.2) is 0 Å². The van der Waals surface area contributed by atoms with Crippen LogP contribution in [-0.4, -0.2) is 87.3 Å². The SMILES string of the molecule is N#CC[C@@H]([C@H]1CCN(c2ncc3ncsc3n2)C1)n1cc(-c2ncnc3[nH]ccc23)cn1.O=C(O)C(F)(F)F.O=C(O)C(F)(F)F. The molecular formula is C25H20F6N10O4S. The van der Waals surface area contributed by atoms with Crippen LogP contribution in [0.1, 0.15) is 18.9 Å². The van der Waals surface area contributed by atoms with Crippen LogP contribution >= 0.6 is 11.3 Å². The molecule has 5 aromatic heterocycles. The summed E-state index contributed by atoms with van der Waals surface area (Å²) in [6, 6.07) is 4.27. The lowest BCUT2D eigenvalue weighted by Gasteiger charge is -2.22. The highest BCUT2D eigenvalue weighted by Crippen LogP contribution is 2.34. The van der Waals surface area contributed by atoms with Gasteiger partial charge >= 0.3 is 24.3 Å². The van der Waals surface area contributed by atoms with Crippen molar-refractivity contribution in [3.63, 3.8) is 0 Å². The second-order valence-corrected chi connectivity index (χ2v) is 10.2. The highest BCUT2D eigenvalue weighted by molar-refractivity contribution is 7.16. The van der Waals surface area contributed by atoms with Crippen molar-refractivity contribution in [1.82, 2.24) is 39.7 Å². The molecular weight excluding hydrogens is 650 g/mol. The quantitative estimate of drug-likeness (QED) is 0.222. The number of hydrogen-bond acceptors (Lipinski definition) is 11. The van der Waals surface area contributed by atoms with E-state index in [1.54, 1.807) is 18.0 Å². The summed E-state index contributed by atoms with van der Waals surface area (Å²) in [6.07, 6.45) is 0.139. The van der Waals surface area contributed by atoms with Crippen LogP contribution in [-0.2, 0) is 9.59 Å². The molecule has 1 saturated heterocycles. The number of nitrogens with one attached hydrogen (secondary N) is 1. The normalized spacial score (nSPS) is 15.4. The molecule has 0 spiro atoms. The van der Waals surface area contributed by atoms with Crippen LogP contribution in [0.25, 0.3) is 32.6 Å². The van der Waals surface area contributed by atoms with Crippen molar-refractivity contribution in [2.24, 2.45) is 5.92 Å². The molecule has 242 valence electrons. The van der Waals surface area contributed by atoms with Gasteiger partial charge in [0.05, 0.1) is 42.1 Å². The number of carboxylic acids is 2. The largest absolute Gasteiger partial charge is 0.490 e. The number of nitrogens with zero attached hydrogens (tertiary/aromatic N) is 9. The van der Waals surface area contributed by atoms with Crippen molar-refractivity contribution >= 4 is 50.6 Å². The van der Waals surface area contributed by atoms with E-state index in [0.717, 1.165) is 58.1 Å². The number of anilines is 1. The van der Waals surface area contributed by atoms with Gasteiger partial charge in [0, 0.05) is 42.4 Å². The minimum absolute atomic E-state index is 0.0329. The average Bonchev–Trinajstić information content (AvgIpc) is 3.82. The third-order valence-corrected chi connectivity index (χ3v) is 7.22. The first-order valence-corrected chi connectivity index (χ1v) is 13.7. The van der Waals surface area contributed by atoms with E-state index in [4.69, 9.17) is 19.8 Å². The lowest BCUT2D eigenvalue weighted by atomic mass is 9.96. The molecule has 2 atom stereocenters. The average molecular weight is 671 g/mol. The summed E-state index contributed by atoms with van der Waals surface area (Å²) in [7, 11) is 0. The number of H-pyrrole nitrogens is 1. The number of carboxylic acid groups (broad SMARTS) is 2. The molecule has 6 rings (SSSR count). The number of hydrogen-bond donors (Lipinski definition) is 3. The Morgan fingerprint density at radius 2 is 1.78 bits per heavy atom. The van der Waals surface area contributed by atoms with E-state index in [2.05, 4.69) is 46.0 Å². The summed E-state index contributed by atoms with van der Waals surface area (Å²) in [6.45, 7) is 1.63. The number of rotatable bonds is 5. The monoisotopic (exact) mass is 670 g/mol. The number of thiazole rings is 1. The maximum Gasteiger partial charge on any atom is 0.490 e. The maximum absolute atomic E-state index is 10.6. The topological polar surface area (TPSA) is 200 Å². The lowest BCUT2D eigenvalue weighted by Crippen LogP contribution is -2.26. The smallest absolute Gasteiger partial charge is 0.475 e. The summed E-state index contributed by atoms with van der Waals surface area (Å²) in [5, 5.41) is 29.3. The molecule has 1 aliphatic rings. The molecule has 21 heteroatoms. The van der Waals surface area contributed by atoms with E-state index < -0.39 is 24.3 Å². The molecule has 1 aliphatic heterocycles. The number of aromatic nitrogens is 8. The first-order valence-electron chi connectivity index (χ1n) is 12.8. The van der Waals surface area contributed by atoms with Crippen molar-refractivity contribution < 1.29 is 46.1 Å². The molecule has 0 aromatic carbocycles. The summed E-state index contributed by atoms with van der Waals surface area (Å²) in [5.74, 6) is -4.53. The van der Waals surface area contributed by atoms with Crippen LogP contribution in [0.15, 0.2) is 42.7 Å². The van der Waals surface area contributed by atoms with Gasteiger partial charge in [-0.2, -0.15) is 36.7 Å². The molecule has 0 unspecified atom stereocenters. The Kier molecular flexibility index (Phi) is 9.99. The highest BCUT2D eigenvalue weighted by Gasteiger charge is 2.39. The van der Waals surface area contributed by atoms with E-state index in [-0.39, 0.29) is 12.0 Å². The second-order valence-electron chi connectivity index (χ2n) is 9.41. The number of aliphatic carboxylic acids is 2. The Morgan fingerprint density at radius 3 is 2.43 bits per heavy atom. The lowest BCUT2D eigenvalue weighted by molar-refractivity contribution is -0.193. The highest BCUT2D eigenvalue weighted by atomic mass is 32.1. The predicted molar refractivity (Wildman–Crippen MR) is 147 cm³/mol. The van der Waals surface area contributed by atoms with Gasteiger partial charge in [0.1, 0.15) is 22.3 Å². The third kappa shape index (κ3) is 8.00. The van der Waals surface area contributed by atoms with Crippen LogP contribution in [0.2, 0.25) is 0 Å². The minimum Gasteiger partial charge on any atom is -0.475 e. The predicted octanol–water partition coefficient (Wildman–Crippen LogP) is 4.47. The zero-order valence-electron chi connectivity index (χ0n) is 22.9. The molecule has 14 nitrogen and oxygen atoms in total. The zero-order valence-corrected chi connectivity index (χ0v) is 23.8. The van der Waals surface area contributed by atoms with Gasteiger partial charge in [-0.1, -0.05) is 0 Å². The summed E-state index contributed by atoms with van der Waals surface area (Å²) >= 11 is 1.52. The molecule has 6 heterocycles. The fraction of sp³-hybridized carbons (Fsp3) is 0.320. The van der Waals surface area contributed by atoms with Gasteiger partial charge in [-0.3, -0.25) is 4.68 Å². The fourth-order valence-corrected chi connectivity index (χ4v) is 5.04. The van der Waals surface area contributed by atoms with Gasteiger partial charge in [-0.15, -0.1) is 11.3 Å². The van der Waals surface area contributed by atoms with Crippen LogP contribution in [0.3, 0.4) is 0 Å². The van der Waals surface area contributed by atoms with Crippen LogP contribution in [0, 0.1) is 17.2 Å². The molecule has 0 saturated carbocycles. The minimum atomic E-state index is -5.08. The van der Waals surface area contributed by atoms with Crippen LogP contribution in [0.4, 0.5) is 32.3 Å². The van der Waals surface area contributed by atoms with Crippen molar-refractivity contribution in [2.45, 2.75) is 31.2 Å². The van der Waals surface area contributed by atoms with E-state index in [9.17, 15) is 31.6 Å². The molecule has 3 N–H and O–H groups in total. The Labute approximate surface area is 257 Å². The summed E-state index contributed by atoms with van der Waals surface area (Å²) < 4.78 is 65.4.